The Bertz CT molecular complexity index is 602. The van der Waals surface area contributed by atoms with Gasteiger partial charge >= 0.3 is 0 Å². The maximum absolute atomic E-state index is 5.40. The highest BCUT2D eigenvalue weighted by molar-refractivity contribution is 9.10. The Balaban J connectivity index is 2.07. The van der Waals surface area contributed by atoms with E-state index in [1.54, 1.807) is 0 Å². The van der Waals surface area contributed by atoms with Gasteiger partial charge < -0.3 is 4.74 Å². The molecule has 1 aliphatic heterocycles. The van der Waals surface area contributed by atoms with E-state index in [4.69, 9.17) is 9.72 Å². The fraction of sp³-hybridized carbons (Fsp3) is 0.571. The molecule has 0 saturated carbocycles. The molecule has 5 heteroatoms. The molecule has 19 heavy (non-hydrogen) atoms. The summed E-state index contributed by atoms with van der Waals surface area (Å²) in [5.74, 6) is 1.39. The molecule has 0 amide bonds. The first-order chi connectivity index (χ1) is 9.20. The molecule has 0 N–H and O–H groups in total. The standard InChI is InChI=1S/C14H18BrN3O/c1-3-11-9(2)8-12-16-14(17-18(12)13(11)15)10-4-6-19-7-5-10/h8,10H,3-7H2,1-2H3. The van der Waals surface area contributed by atoms with E-state index in [0.717, 1.165) is 48.6 Å². The Hall–Kier alpha value is -0.940. The summed E-state index contributed by atoms with van der Waals surface area (Å²) >= 11 is 3.67. The highest BCUT2D eigenvalue weighted by atomic mass is 79.9. The fourth-order valence-corrected chi connectivity index (χ4v) is 3.56. The van der Waals surface area contributed by atoms with Crippen LogP contribution in [0.5, 0.6) is 0 Å². The number of pyridine rings is 1. The summed E-state index contributed by atoms with van der Waals surface area (Å²) < 4.78 is 8.37. The average molecular weight is 324 g/mol. The lowest BCUT2D eigenvalue weighted by atomic mass is 10.00. The van der Waals surface area contributed by atoms with Gasteiger partial charge in [0.25, 0.3) is 0 Å². The van der Waals surface area contributed by atoms with Crippen molar-refractivity contribution in [3.63, 3.8) is 0 Å². The second kappa shape index (κ2) is 5.21. The molecule has 3 rings (SSSR count). The fourth-order valence-electron chi connectivity index (χ4n) is 2.70. The highest BCUT2D eigenvalue weighted by Gasteiger charge is 2.21. The number of halogens is 1. The van der Waals surface area contributed by atoms with Crippen LogP contribution in [0, 0.1) is 6.92 Å². The molecule has 2 aromatic rings. The number of ether oxygens (including phenoxy) is 1. The molecule has 1 fully saturated rings. The molecule has 0 atom stereocenters. The van der Waals surface area contributed by atoms with E-state index in [1.165, 1.54) is 11.1 Å². The van der Waals surface area contributed by atoms with Gasteiger partial charge in [-0.25, -0.2) is 9.50 Å². The molecule has 0 unspecified atom stereocenters. The van der Waals surface area contributed by atoms with Crippen LogP contribution in [0.15, 0.2) is 10.7 Å². The van der Waals surface area contributed by atoms with Crippen molar-refractivity contribution in [1.82, 2.24) is 14.6 Å². The van der Waals surface area contributed by atoms with Crippen molar-refractivity contribution in [2.24, 2.45) is 0 Å². The lowest BCUT2D eigenvalue weighted by Crippen LogP contribution is -2.15. The first-order valence-corrected chi connectivity index (χ1v) is 7.62. The van der Waals surface area contributed by atoms with Crippen molar-refractivity contribution < 1.29 is 4.74 Å². The molecule has 1 saturated heterocycles. The molecule has 0 bridgehead atoms. The molecular weight excluding hydrogens is 306 g/mol. The van der Waals surface area contributed by atoms with Gasteiger partial charge in [-0.05, 0) is 59.3 Å². The van der Waals surface area contributed by atoms with Crippen LogP contribution in [0.1, 0.15) is 42.6 Å². The summed E-state index contributed by atoms with van der Waals surface area (Å²) in [7, 11) is 0. The molecule has 4 nitrogen and oxygen atoms in total. The monoisotopic (exact) mass is 323 g/mol. The van der Waals surface area contributed by atoms with Crippen LogP contribution in [0.2, 0.25) is 0 Å². The van der Waals surface area contributed by atoms with E-state index >= 15 is 0 Å². The number of fused-ring (bicyclic) bond motifs is 1. The quantitative estimate of drug-likeness (QED) is 0.796. The predicted molar refractivity (Wildman–Crippen MR) is 77.6 cm³/mol. The summed E-state index contributed by atoms with van der Waals surface area (Å²) in [5, 5.41) is 4.69. The van der Waals surface area contributed by atoms with Crippen molar-refractivity contribution in [3.8, 4) is 0 Å². The van der Waals surface area contributed by atoms with Crippen molar-refractivity contribution in [3.05, 3.63) is 27.6 Å². The average Bonchev–Trinajstić information content (AvgIpc) is 2.84. The van der Waals surface area contributed by atoms with Crippen molar-refractivity contribution in [2.45, 2.75) is 39.0 Å². The van der Waals surface area contributed by atoms with Crippen molar-refractivity contribution >= 4 is 21.6 Å². The van der Waals surface area contributed by atoms with Crippen LogP contribution in [-0.2, 0) is 11.2 Å². The highest BCUT2D eigenvalue weighted by Crippen LogP contribution is 2.27. The first-order valence-electron chi connectivity index (χ1n) is 6.83. The number of hydrogen-bond donors (Lipinski definition) is 0. The first kappa shape index (κ1) is 13.1. The van der Waals surface area contributed by atoms with E-state index in [1.807, 2.05) is 4.52 Å². The minimum Gasteiger partial charge on any atom is -0.381 e. The Morgan fingerprint density at radius 3 is 2.84 bits per heavy atom. The van der Waals surface area contributed by atoms with E-state index in [0.29, 0.717) is 5.92 Å². The zero-order valence-corrected chi connectivity index (χ0v) is 12.9. The molecule has 0 radical (unpaired) electrons. The normalized spacial score (nSPS) is 17.2. The molecule has 3 heterocycles. The third-order valence-corrected chi connectivity index (χ3v) is 4.66. The van der Waals surface area contributed by atoms with Crippen LogP contribution in [-0.4, -0.2) is 27.8 Å². The molecular formula is C14H18BrN3O. The van der Waals surface area contributed by atoms with Crippen molar-refractivity contribution in [2.75, 3.05) is 13.2 Å². The number of hydrogen-bond acceptors (Lipinski definition) is 3. The second-order valence-corrected chi connectivity index (χ2v) is 5.83. The van der Waals surface area contributed by atoms with Crippen LogP contribution >= 0.6 is 15.9 Å². The van der Waals surface area contributed by atoms with Gasteiger partial charge in [-0.15, -0.1) is 5.10 Å². The maximum Gasteiger partial charge on any atom is 0.157 e. The van der Waals surface area contributed by atoms with E-state index < -0.39 is 0 Å². The van der Waals surface area contributed by atoms with Crippen LogP contribution in [0.4, 0.5) is 0 Å². The van der Waals surface area contributed by atoms with Gasteiger partial charge in [0.1, 0.15) is 4.60 Å². The van der Waals surface area contributed by atoms with Crippen LogP contribution in [0.25, 0.3) is 5.65 Å². The van der Waals surface area contributed by atoms with Crippen LogP contribution < -0.4 is 0 Å². The minimum absolute atomic E-state index is 0.436. The maximum atomic E-state index is 5.40. The number of aryl methyl sites for hydroxylation is 1. The second-order valence-electron chi connectivity index (χ2n) is 5.08. The summed E-state index contributed by atoms with van der Waals surface area (Å²) in [5.41, 5.74) is 3.51. The van der Waals surface area contributed by atoms with Gasteiger partial charge in [0.15, 0.2) is 11.5 Å². The smallest absolute Gasteiger partial charge is 0.157 e. The number of rotatable bonds is 2. The third-order valence-electron chi connectivity index (χ3n) is 3.85. The van der Waals surface area contributed by atoms with E-state index in [9.17, 15) is 0 Å². The topological polar surface area (TPSA) is 39.4 Å². The largest absolute Gasteiger partial charge is 0.381 e. The van der Waals surface area contributed by atoms with E-state index in [2.05, 4.69) is 40.9 Å². The molecule has 0 aliphatic carbocycles. The van der Waals surface area contributed by atoms with Gasteiger partial charge in [-0.3, -0.25) is 0 Å². The van der Waals surface area contributed by atoms with Gasteiger partial charge in [0, 0.05) is 19.1 Å². The van der Waals surface area contributed by atoms with Crippen molar-refractivity contribution in [1.29, 1.82) is 0 Å². The van der Waals surface area contributed by atoms with Gasteiger partial charge in [0.05, 0.1) is 0 Å². The molecule has 0 aromatic carbocycles. The third kappa shape index (κ3) is 2.30. The Morgan fingerprint density at radius 2 is 2.16 bits per heavy atom. The Morgan fingerprint density at radius 1 is 1.42 bits per heavy atom. The number of nitrogens with zero attached hydrogens (tertiary/aromatic N) is 3. The van der Waals surface area contributed by atoms with E-state index in [-0.39, 0.29) is 0 Å². The zero-order valence-electron chi connectivity index (χ0n) is 11.3. The SMILES string of the molecule is CCc1c(C)cc2nc(C3CCOCC3)nn2c1Br. The zero-order chi connectivity index (χ0) is 13.4. The summed E-state index contributed by atoms with van der Waals surface area (Å²) in [4.78, 5) is 4.70. The van der Waals surface area contributed by atoms with Crippen LogP contribution in [0.3, 0.4) is 0 Å². The Kier molecular flexibility index (Phi) is 3.58. The van der Waals surface area contributed by atoms with Gasteiger partial charge in [0.2, 0.25) is 0 Å². The summed E-state index contributed by atoms with van der Waals surface area (Å²) in [6.45, 7) is 5.93. The van der Waals surface area contributed by atoms with Gasteiger partial charge in [-0.1, -0.05) is 6.92 Å². The molecule has 0 spiro atoms. The van der Waals surface area contributed by atoms with Gasteiger partial charge in [-0.2, -0.15) is 0 Å². The summed E-state index contributed by atoms with van der Waals surface area (Å²) in [6, 6.07) is 2.12. The lowest BCUT2D eigenvalue weighted by Gasteiger charge is -2.18. The minimum atomic E-state index is 0.436. The molecule has 1 aliphatic rings. The lowest BCUT2D eigenvalue weighted by molar-refractivity contribution is 0.0836. The predicted octanol–water partition coefficient (Wildman–Crippen LogP) is 3.26. The Labute approximate surface area is 121 Å². The summed E-state index contributed by atoms with van der Waals surface area (Å²) in [6.07, 6.45) is 3.04. The molecule has 102 valence electrons. The molecule has 2 aromatic heterocycles. The number of aromatic nitrogens is 3.